The number of rotatable bonds is 2. The standard InChI is InChI=1S/C11H6N4O4/c12-5-11(6-13)2-1-7-3-8(14(16)17)4-9(10(7)11)15(18)19/h3-4H,1-2H2. The van der Waals surface area contributed by atoms with Gasteiger partial charge in [0.1, 0.15) is 0 Å². The molecule has 0 amide bonds. The van der Waals surface area contributed by atoms with E-state index in [-0.39, 0.29) is 18.4 Å². The third kappa shape index (κ3) is 1.67. The van der Waals surface area contributed by atoms with Crippen molar-refractivity contribution in [1.29, 1.82) is 10.5 Å². The van der Waals surface area contributed by atoms with Crippen LogP contribution in [0, 0.1) is 42.9 Å². The Morgan fingerprint density at radius 1 is 1.16 bits per heavy atom. The molecule has 1 aliphatic rings. The molecule has 8 heteroatoms. The molecule has 0 aliphatic heterocycles. The van der Waals surface area contributed by atoms with Crippen LogP contribution in [0.5, 0.6) is 0 Å². The van der Waals surface area contributed by atoms with E-state index in [1.807, 2.05) is 0 Å². The maximum absolute atomic E-state index is 11.0. The fourth-order valence-electron chi connectivity index (χ4n) is 2.30. The number of hydrogen-bond donors (Lipinski definition) is 0. The molecule has 0 heterocycles. The zero-order chi connectivity index (χ0) is 14.2. The minimum absolute atomic E-state index is 0.00639. The van der Waals surface area contributed by atoms with Crippen LogP contribution in [-0.4, -0.2) is 9.85 Å². The van der Waals surface area contributed by atoms with Gasteiger partial charge in [0.15, 0.2) is 5.41 Å². The summed E-state index contributed by atoms with van der Waals surface area (Å²) in [5, 5.41) is 40.0. The largest absolute Gasteiger partial charge is 0.282 e. The zero-order valence-electron chi connectivity index (χ0n) is 9.49. The highest BCUT2D eigenvalue weighted by Crippen LogP contribution is 2.45. The molecule has 0 N–H and O–H groups in total. The lowest BCUT2D eigenvalue weighted by Crippen LogP contribution is -2.19. The SMILES string of the molecule is N#CC1(C#N)CCc2cc([N+](=O)[O-])cc([N+](=O)[O-])c21. The number of hydrogen-bond acceptors (Lipinski definition) is 6. The van der Waals surface area contributed by atoms with Crippen molar-refractivity contribution in [2.75, 3.05) is 0 Å². The maximum Gasteiger partial charge on any atom is 0.282 e. The van der Waals surface area contributed by atoms with Crippen molar-refractivity contribution >= 4 is 11.4 Å². The van der Waals surface area contributed by atoms with Crippen LogP contribution < -0.4 is 0 Å². The molecule has 0 unspecified atom stereocenters. The summed E-state index contributed by atoms with van der Waals surface area (Å²) in [7, 11) is 0. The van der Waals surface area contributed by atoms with Gasteiger partial charge < -0.3 is 0 Å². The van der Waals surface area contributed by atoms with E-state index in [9.17, 15) is 20.2 Å². The van der Waals surface area contributed by atoms with Gasteiger partial charge in [0, 0.05) is 6.07 Å². The third-order valence-electron chi connectivity index (χ3n) is 3.17. The van der Waals surface area contributed by atoms with Gasteiger partial charge in [0.05, 0.1) is 33.6 Å². The predicted molar refractivity (Wildman–Crippen MR) is 61.0 cm³/mol. The van der Waals surface area contributed by atoms with Gasteiger partial charge in [0.2, 0.25) is 0 Å². The van der Waals surface area contributed by atoms with Crippen molar-refractivity contribution in [3.05, 3.63) is 43.5 Å². The molecule has 0 saturated carbocycles. The number of nitriles is 2. The van der Waals surface area contributed by atoms with Crippen LogP contribution in [0.1, 0.15) is 17.5 Å². The summed E-state index contributed by atoms with van der Waals surface area (Å²) in [4.78, 5) is 20.2. The van der Waals surface area contributed by atoms with E-state index in [0.717, 1.165) is 6.07 Å². The Morgan fingerprint density at radius 3 is 2.26 bits per heavy atom. The van der Waals surface area contributed by atoms with Crippen LogP contribution in [0.15, 0.2) is 12.1 Å². The molecule has 94 valence electrons. The molecule has 2 rings (SSSR count). The first-order valence-corrected chi connectivity index (χ1v) is 5.24. The summed E-state index contributed by atoms with van der Waals surface area (Å²) in [6, 6.07) is 5.58. The number of aryl methyl sites for hydroxylation is 1. The Morgan fingerprint density at radius 2 is 1.79 bits per heavy atom. The third-order valence-corrected chi connectivity index (χ3v) is 3.17. The quantitative estimate of drug-likeness (QED) is 0.585. The molecule has 1 aromatic carbocycles. The van der Waals surface area contributed by atoms with E-state index >= 15 is 0 Å². The molecular weight excluding hydrogens is 252 g/mol. The monoisotopic (exact) mass is 258 g/mol. The number of nitrogens with zero attached hydrogens (tertiary/aromatic N) is 4. The van der Waals surface area contributed by atoms with E-state index < -0.39 is 26.6 Å². The number of nitro benzene ring substituents is 2. The first-order valence-electron chi connectivity index (χ1n) is 5.24. The van der Waals surface area contributed by atoms with Crippen LogP contribution >= 0.6 is 0 Å². The average Bonchev–Trinajstić information content (AvgIpc) is 2.76. The van der Waals surface area contributed by atoms with E-state index in [1.165, 1.54) is 6.07 Å². The summed E-state index contributed by atoms with van der Waals surface area (Å²) in [6.07, 6.45) is 0.344. The van der Waals surface area contributed by atoms with Gasteiger partial charge in [-0.15, -0.1) is 0 Å². The van der Waals surface area contributed by atoms with E-state index in [4.69, 9.17) is 10.5 Å². The second kappa shape index (κ2) is 4.03. The minimum Gasteiger partial charge on any atom is -0.258 e. The Labute approximate surface area is 106 Å². The molecule has 1 aromatic rings. The molecular formula is C11H6N4O4. The van der Waals surface area contributed by atoms with Gasteiger partial charge in [-0.1, -0.05) is 0 Å². The Hall–Kier alpha value is -3.00. The van der Waals surface area contributed by atoms with Gasteiger partial charge in [-0.25, -0.2) is 0 Å². The Bertz CT molecular complexity index is 669. The number of nitro groups is 2. The van der Waals surface area contributed by atoms with Crippen molar-refractivity contribution in [2.45, 2.75) is 18.3 Å². The highest BCUT2D eigenvalue weighted by atomic mass is 16.6. The number of benzene rings is 1. The Kier molecular flexibility index (Phi) is 2.64. The molecule has 0 fully saturated rings. The van der Waals surface area contributed by atoms with Crippen LogP contribution in [-0.2, 0) is 11.8 Å². The van der Waals surface area contributed by atoms with Gasteiger partial charge in [-0.3, -0.25) is 20.2 Å². The van der Waals surface area contributed by atoms with E-state index in [1.54, 1.807) is 12.1 Å². The summed E-state index contributed by atoms with van der Waals surface area (Å²) >= 11 is 0. The zero-order valence-corrected chi connectivity index (χ0v) is 9.49. The van der Waals surface area contributed by atoms with Gasteiger partial charge in [-0.2, -0.15) is 10.5 Å². The first-order chi connectivity index (χ1) is 8.95. The maximum atomic E-state index is 11.0. The second-order valence-electron chi connectivity index (χ2n) is 4.14. The highest BCUT2D eigenvalue weighted by Gasteiger charge is 2.46. The number of non-ortho nitro benzene ring substituents is 1. The van der Waals surface area contributed by atoms with Crippen molar-refractivity contribution in [3.63, 3.8) is 0 Å². The molecule has 0 bridgehead atoms. The second-order valence-corrected chi connectivity index (χ2v) is 4.14. The average molecular weight is 258 g/mol. The van der Waals surface area contributed by atoms with E-state index in [0.29, 0.717) is 5.56 Å². The lowest BCUT2D eigenvalue weighted by atomic mass is 9.84. The minimum atomic E-state index is -1.59. The lowest BCUT2D eigenvalue weighted by molar-refractivity contribution is -0.394. The fraction of sp³-hybridized carbons (Fsp3) is 0.273. The van der Waals surface area contributed by atoms with Crippen molar-refractivity contribution < 1.29 is 9.85 Å². The summed E-state index contributed by atoms with van der Waals surface area (Å²) in [6.45, 7) is 0. The molecule has 0 aromatic heterocycles. The molecule has 0 atom stereocenters. The molecule has 1 aliphatic carbocycles. The molecule has 0 radical (unpaired) electrons. The summed E-state index contributed by atoms with van der Waals surface area (Å²) < 4.78 is 0. The normalized spacial score (nSPS) is 15.1. The van der Waals surface area contributed by atoms with E-state index in [2.05, 4.69) is 0 Å². The first kappa shape index (κ1) is 12.5. The van der Waals surface area contributed by atoms with Crippen LogP contribution in [0.3, 0.4) is 0 Å². The Balaban J connectivity index is 2.81. The topological polar surface area (TPSA) is 134 Å². The number of fused-ring (bicyclic) bond motifs is 1. The fourth-order valence-corrected chi connectivity index (χ4v) is 2.30. The van der Waals surface area contributed by atoms with Crippen LogP contribution in [0.25, 0.3) is 0 Å². The van der Waals surface area contributed by atoms with Crippen molar-refractivity contribution in [3.8, 4) is 12.1 Å². The van der Waals surface area contributed by atoms with Crippen LogP contribution in [0.4, 0.5) is 11.4 Å². The molecule has 0 saturated heterocycles. The van der Waals surface area contributed by atoms with Crippen molar-refractivity contribution in [2.24, 2.45) is 0 Å². The van der Waals surface area contributed by atoms with Crippen molar-refractivity contribution in [1.82, 2.24) is 0 Å². The van der Waals surface area contributed by atoms with Crippen LogP contribution in [0.2, 0.25) is 0 Å². The van der Waals surface area contributed by atoms with Gasteiger partial charge in [0.25, 0.3) is 11.4 Å². The highest BCUT2D eigenvalue weighted by molar-refractivity contribution is 5.63. The molecule has 0 spiro atoms. The lowest BCUT2D eigenvalue weighted by Gasteiger charge is -2.11. The smallest absolute Gasteiger partial charge is 0.258 e. The van der Waals surface area contributed by atoms with Gasteiger partial charge >= 0.3 is 0 Å². The summed E-state index contributed by atoms with van der Waals surface area (Å²) in [5.41, 5.74) is -2.22. The molecule has 19 heavy (non-hydrogen) atoms. The predicted octanol–water partition coefficient (Wildman–Crippen LogP) is 1.73. The van der Waals surface area contributed by atoms with Gasteiger partial charge in [-0.05, 0) is 18.4 Å². The molecule has 8 nitrogen and oxygen atoms in total. The summed E-state index contributed by atoms with van der Waals surface area (Å²) in [5.74, 6) is 0.